The number of aliphatic carboxylic acids is 1. The normalized spacial score (nSPS) is 10.4. The average molecular weight is 199 g/mol. The van der Waals surface area contributed by atoms with Crippen LogP contribution >= 0.6 is 0 Å². The first-order chi connectivity index (χ1) is 6.65. The topological polar surface area (TPSA) is 77.2 Å². The van der Waals surface area contributed by atoms with Gasteiger partial charge in [0.05, 0.1) is 6.61 Å². The van der Waals surface area contributed by atoms with E-state index in [-0.39, 0.29) is 6.54 Å². The number of carboxylic acids is 1. The van der Waals surface area contributed by atoms with E-state index in [1.165, 1.54) is 0 Å². The van der Waals surface area contributed by atoms with Crippen molar-refractivity contribution in [2.75, 3.05) is 13.7 Å². The molecule has 6 heteroatoms. The molecule has 1 aromatic heterocycles. The van der Waals surface area contributed by atoms with Gasteiger partial charge in [-0.15, -0.1) is 10.2 Å². The fourth-order valence-electron chi connectivity index (χ4n) is 1.14. The molecule has 78 valence electrons. The molecule has 0 spiro atoms. The second kappa shape index (κ2) is 4.71. The third kappa shape index (κ3) is 2.53. The monoisotopic (exact) mass is 199 g/mol. The zero-order chi connectivity index (χ0) is 10.6. The number of hydrogen-bond acceptors (Lipinski definition) is 4. The number of aromatic nitrogens is 3. The number of aryl methyl sites for hydroxylation is 1. The van der Waals surface area contributed by atoms with Crippen molar-refractivity contribution in [2.45, 2.75) is 19.9 Å². The molecule has 0 saturated carbocycles. The number of nitrogens with zero attached hydrogens (tertiary/aromatic N) is 3. The number of methoxy groups -OCH3 is 1. The highest BCUT2D eigenvalue weighted by Crippen LogP contribution is 2.01. The van der Waals surface area contributed by atoms with Crippen molar-refractivity contribution in [3.63, 3.8) is 0 Å². The van der Waals surface area contributed by atoms with Crippen LogP contribution in [-0.2, 0) is 22.5 Å². The molecule has 0 aliphatic rings. The van der Waals surface area contributed by atoms with Gasteiger partial charge in [0.15, 0.2) is 0 Å². The summed E-state index contributed by atoms with van der Waals surface area (Å²) < 4.78 is 6.46. The Balaban J connectivity index is 2.77. The van der Waals surface area contributed by atoms with Gasteiger partial charge in [0.25, 0.3) is 0 Å². The molecule has 0 bridgehead atoms. The average Bonchev–Trinajstić information content (AvgIpc) is 2.45. The maximum atomic E-state index is 10.5. The summed E-state index contributed by atoms with van der Waals surface area (Å²) in [6.07, 6.45) is 0.574. The van der Waals surface area contributed by atoms with Crippen LogP contribution in [0.25, 0.3) is 0 Å². The zero-order valence-electron chi connectivity index (χ0n) is 8.23. The molecule has 1 rings (SSSR count). The minimum absolute atomic E-state index is 0.0993. The summed E-state index contributed by atoms with van der Waals surface area (Å²) in [5.41, 5.74) is 0. The Hall–Kier alpha value is -1.43. The van der Waals surface area contributed by atoms with E-state index in [4.69, 9.17) is 9.84 Å². The first-order valence-corrected chi connectivity index (χ1v) is 4.24. The molecule has 0 unspecified atom stereocenters. The van der Waals surface area contributed by atoms with E-state index in [0.717, 1.165) is 0 Å². The Morgan fingerprint density at radius 2 is 2.29 bits per heavy atom. The lowest BCUT2D eigenvalue weighted by molar-refractivity contribution is -0.137. The summed E-state index contributed by atoms with van der Waals surface area (Å²) >= 11 is 0. The largest absolute Gasteiger partial charge is 0.480 e. The van der Waals surface area contributed by atoms with Crippen LogP contribution in [0.5, 0.6) is 0 Å². The first-order valence-electron chi connectivity index (χ1n) is 4.24. The smallest absolute Gasteiger partial charge is 0.323 e. The molecule has 1 aromatic rings. The number of rotatable bonds is 5. The molecule has 1 heterocycles. The first kappa shape index (κ1) is 10.6. The van der Waals surface area contributed by atoms with Crippen molar-refractivity contribution in [3.8, 4) is 0 Å². The van der Waals surface area contributed by atoms with E-state index >= 15 is 0 Å². The fraction of sp³-hybridized carbons (Fsp3) is 0.625. The quantitative estimate of drug-likeness (QED) is 0.714. The minimum Gasteiger partial charge on any atom is -0.480 e. The summed E-state index contributed by atoms with van der Waals surface area (Å²) in [7, 11) is 1.59. The summed E-state index contributed by atoms with van der Waals surface area (Å²) in [5.74, 6) is 0.358. The molecular formula is C8H13N3O3. The molecule has 0 aliphatic carbocycles. The van der Waals surface area contributed by atoms with Gasteiger partial charge in [0.1, 0.15) is 18.2 Å². The van der Waals surface area contributed by atoms with Crippen molar-refractivity contribution in [3.05, 3.63) is 11.6 Å². The maximum absolute atomic E-state index is 10.5. The van der Waals surface area contributed by atoms with E-state index < -0.39 is 5.97 Å². The van der Waals surface area contributed by atoms with Crippen LogP contribution in [0.3, 0.4) is 0 Å². The molecule has 0 aromatic carbocycles. The van der Waals surface area contributed by atoms with Crippen molar-refractivity contribution >= 4 is 5.97 Å². The van der Waals surface area contributed by atoms with Gasteiger partial charge in [0, 0.05) is 13.5 Å². The van der Waals surface area contributed by atoms with E-state index in [1.807, 2.05) is 0 Å². The lowest BCUT2D eigenvalue weighted by Crippen LogP contribution is -2.14. The van der Waals surface area contributed by atoms with Crippen LogP contribution in [-0.4, -0.2) is 39.6 Å². The minimum atomic E-state index is -0.897. The SMILES string of the molecule is COCCc1nnc(C)n1CC(=O)O. The molecule has 0 aliphatic heterocycles. The third-order valence-corrected chi connectivity index (χ3v) is 1.84. The molecule has 14 heavy (non-hydrogen) atoms. The molecule has 1 N–H and O–H groups in total. The van der Waals surface area contributed by atoms with Crippen LogP contribution in [0.15, 0.2) is 0 Å². The predicted molar refractivity (Wildman–Crippen MR) is 48.0 cm³/mol. The molecule has 0 atom stereocenters. The maximum Gasteiger partial charge on any atom is 0.323 e. The molecule has 0 radical (unpaired) electrons. The Kier molecular flexibility index (Phi) is 3.58. The second-order valence-corrected chi connectivity index (χ2v) is 2.89. The van der Waals surface area contributed by atoms with Crippen LogP contribution in [0.4, 0.5) is 0 Å². The highest BCUT2D eigenvalue weighted by atomic mass is 16.5. The number of carboxylic acid groups (broad SMARTS) is 1. The van der Waals surface area contributed by atoms with Crippen LogP contribution in [0.2, 0.25) is 0 Å². The molecule has 0 saturated heterocycles. The van der Waals surface area contributed by atoms with Crippen molar-refractivity contribution in [1.82, 2.24) is 14.8 Å². The number of carbonyl (C=O) groups is 1. The lowest BCUT2D eigenvalue weighted by Gasteiger charge is -2.04. The van der Waals surface area contributed by atoms with E-state index in [0.29, 0.717) is 24.7 Å². The van der Waals surface area contributed by atoms with Gasteiger partial charge >= 0.3 is 5.97 Å². The van der Waals surface area contributed by atoms with Crippen molar-refractivity contribution < 1.29 is 14.6 Å². The van der Waals surface area contributed by atoms with Gasteiger partial charge in [-0.05, 0) is 6.92 Å². The number of ether oxygens (including phenoxy) is 1. The Morgan fingerprint density at radius 1 is 1.57 bits per heavy atom. The van der Waals surface area contributed by atoms with E-state index in [1.54, 1.807) is 18.6 Å². The highest BCUT2D eigenvalue weighted by molar-refractivity contribution is 5.66. The molecular weight excluding hydrogens is 186 g/mol. The molecule has 6 nitrogen and oxygen atoms in total. The molecule has 0 fully saturated rings. The van der Waals surface area contributed by atoms with Gasteiger partial charge in [0.2, 0.25) is 0 Å². The summed E-state index contributed by atoms with van der Waals surface area (Å²) in [6.45, 7) is 2.14. The Labute approximate surface area is 81.5 Å². The van der Waals surface area contributed by atoms with Crippen molar-refractivity contribution in [1.29, 1.82) is 0 Å². The van der Waals surface area contributed by atoms with Crippen LogP contribution in [0, 0.1) is 6.92 Å². The number of hydrogen-bond donors (Lipinski definition) is 1. The summed E-state index contributed by atoms with van der Waals surface area (Å²) in [4.78, 5) is 10.5. The van der Waals surface area contributed by atoms with Gasteiger partial charge in [-0.2, -0.15) is 0 Å². The molecule has 0 amide bonds. The highest BCUT2D eigenvalue weighted by Gasteiger charge is 2.10. The van der Waals surface area contributed by atoms with Gasteiger partial charge in [-0.1, -0.05) is 0 Å². The summed E-state index contributed by atoms with van der Waals surface area (Å²) in [5, 5.41) is 16.3. The third-order valence-electron chi connectivity index (χ3n) is 1.84. The fourth-order valence-corrected chi connectivity index (χ4v) is 1.14. The second-order valence-electron chi connectivity index (χ2n) is 2.89. The van der Waals surface area contributed by atoms with Gasteiger partial charge in [-0.25, -0.2) is 0 Å². The lowest BCUT2D eigenvalue weighted by atomic mass is 10.4. The summed E-state index contributed by atoms with van der Waals surface area (Å²) in [6, 6.07) is 0. The van der Waals surface area contributed by atoms with Crippen LogP contribution in [0.1, 0.15) is 11.6 Å². The van der Waals surface area contributed by atoms with Crippen molar-refractivity contribution in [2.24, 2.45) is 0 Å². The Bertz CT molecular complexity index is 322. The Morgan fingerprint density at radius 3 is 2.86 bits per heavy atom. The standard InChI is InChI=1S/C8H13N3O3/c1-6-9-10-7(3-4-14-2)11(6)5-8(12)13/h3-5H2,1-2H3,(H,12,13). The predicted octanol–water partition coefficient (Wildman–Crippen LogP) is -0.140. The zero-order valence-corrected chi connectivity index (χ0v) is 8.23. The van der Waals surface area contributed by atoms with Gasteiger partial charge in [-0.3, -0.25) is 4.79 Å². The van der Waals surface area contributed by atoms with Crippen LogP contribution < -0.4 is 0 Å². The van der Waals surface area contributed by atoms with Gasteiger partial charge < -0.3 is 14.4 Å². The van der Waals surface area contributed by atoms with E-state index in [9.17, 15) is 4.79 Å². The van der Waals surface area contributed by atoms with E-state index in [2.05, 4.69) is 10.2 Å².